The quantitative estimate of drug-likeness (QED) is 0.283. The van der Waals surface area contributed by atoms with Crippen LogP contribution in [0.3, 0.4) is 0 Å². The van der Waals surface area contributed by atoms with Crippen molar-refractivity contribution in [3.05, 3.63) is 94.0 Å². The van der Waals surface area contributed by atoms with Gasteiger partial charge in [-0.25, -0.2) is 0 Å². The molecule has 1 fully saturated rings. The fourth-order valence-electron chi connectivity index (χ4n) is 4.23. The molecular weight excluding hydrogens is 470 g/mol. The number of likely N-dealkylation sites (tertiary alicyclic amines) is 1. The van der Waals surface area contributed by atoms with Gasteiger partial charge in [0.1, 0.15) is 23.0 Å². The molecule has 3 aromatic rings. The van der Waals surface area contributed by atoms with E-state index < -0.39 is 17.7 Å². The van der Waals surface area contributed by atoms with Gasteiger partial charge in [-0.3, -0.25) is 9.59 Å². The maximum atomic E-state index is 13.3. The Morgan fingerprint density at radius 1 is 0.886 bits per heavy atom. The van der Waals surface area contributed by atoms with E-state index in [1.54, 1.807) is 25.3 Å². The Morgan fingerprint density at radius 2 is 1.51 bits per heavy atom. The second kappa shape index (κ2) is 10.1. The number of aliphatic hydroxyl groups is 1. The molecule has 0 saturated carbocycles. The topological polar surface area (TPSA) is 85.3 Å². The SMILES string of the molecule is COc1cc(/C(O)=C2\C(=O)C(=O)N(Cc3ccccc3OC)C2c2ccccc2)c(OC)cc1Cl. The number of nitrogens with zero attached hydrogens (tertiary/aromatic N) is 1. The van der Waals surface area contributed by atoms with Gasteiger partial charge < -0.3 is 24.2 Å². The molecule has 0 aliphatic carbocycles. The Kier molecular flexibility index (Phi) is 6.98. The highest BCUT2D eigenvalue weighted by Gasteiger charge is 2.46. The first-order chi connectivity index (χ1) is 16.9. The van der Waals surface area contributed by atoms with Crippen LogP contribution in [0.15, 0.2) is 72.3 Å². The lowest BCUT2D eigenvalue weighted by Crippen LogP contribution is -2.29. The third-order valence-electron chi connectivity index (χ3n) is 5.92. The summed E-state index contributed by atoms with van der Waals surface area (Å²) in [6.07, 6.45) is 0. The first-order valence-corrected chi connectivity index (χ1v) is 11.2. The number of ether oxygens (including phenoxy) is 3. The minimum Gasteiger partial charge on any atom is -0.507 e. The number of hydrogen-bond acceptors (Lipinski definition) is 6. The third-order valence-corrected chi connectivity index (χ3v) is 6.21. The number of aliphatic hydroxyl groups excluding tert-OH is 1. The van der Waals surface area contributed by atoms with E-state index in [1.807, 2.05) is 36.4 Å². The van der Waals surface area contributed by atoms with Crippen LogP contribution in [0.2, 0.25) is 5.02 Å². The van der Waals surface area contributed by atoms with E-state index in [0.29, 0.717) is 11.3 Å². The van der Waals surface area contributed by atoms with E-state index in [2.05, 4.69) is 0 Å². The van der Waals surface area contributed by atoms with Crippen LogP contribution in [0.5, 0.6) is 17.2 Å². The highest BCUT2D eigenvalue weighted by Crippen LogP contribution is 2.43. The van der Waals surface area contributed by atoms with E-state index in [-0.39, 0.29) is 40.0 Å². The number of halogens is 1. The smallest absolute Gasteiger partial charge is 0.295 e. The third kappa shape index (κ3) is 4.42. The molecule has 1 aliphatic rings. The molecule has 0 radical (unpaired) electrons. The number of benzene rings is 3. The lowest BCUT2D eigenvalue weighted by atomic mass is 9.94. The van der Waals surface area contributed by atoms with Crippen LogP contribution >= 0.6 is 11.6 Å². The molecule has 1 N–H and O–H groups in total. The van der Waals surface area contributed by atoms with Gasteiger partial charge in [0.25, 0.3) is 11.7 Å². The maximum absolute atomic E-state index is 13.3. The van der Waals surface area contributed by atoms with Crippen LogP contribution in [-0.2, 0) is 16.1 Å². The van der Waals surface area contributed by atoms with Gasteiger partial charge in [-0.15, -0.1) is 0 Å². The Labute approximate surface area is 208 Å². The van der Waals surface area contributed by atoms with E-state index in [9.17, 15) is 14.7 Å². The van der Waals surface area contributed by atoms with Crippen LogP contribution < -0.4 is 14.2 Å². The maximum Gasteiger partial charge on any atom is 0.295 e. The van der Waals surface area contributed by atoms with Crippen molar-refractivity contribution >= 4 is 29.1 Å². The van der Waals surface area contributed by atoms with Gasteiger partial charge in [-0.2, -0.15) is 0 Å². The zero-order valence-electron chi connectivity index (χ0n) is 19.4. The normalized spacial score (nSPS) is 16.9. The van der Waals surface area contributed by atoms with E-state index in [1.165, 1.54) is 31.3 Å². The van der Waals surface area contributed by atoms with Crippen LogP contribution in [0.4, 0.5) is 0 Å². The van der Waals surface area contributed by atoms with Gasteiger partial charge in [0.15, 0.2) is 0 Å². The molecule has 0 bridgehead atoms. The number of carbonyl (C=O) groups excluding carboxylic acids is 2. The van der Waals surface area contributed by atoms with Crippen molar-refractivity contribution in [3.63, 3.8) is 0 Å². The number of ketones is 1. The van der Waals surface area contributed by atoms with Crippen LogP contribution in [0.25, 0.3) is 5.76 Å². The minimum absolute atomic E-state index is 0.0567. The zero-order chi connectivity index (χ0) is 25.1. The molecule has 180 valence electrons. The first-order valence-electron chi connectivity index (χ1n) is 10.8. The first kappa shape index (κ1) is 24.2. The second-order valence-corrected chi connectivity index (χ2v) is 8.24. The summed E-state index contributed by atoms with van der Waals surface area (Å²) >= 11 is 6.22. The molecule has 1 amide bonds. The van der Waals surface area contributed by atoms with Crippen molar-refractivity contribution in [2.24, 2.45) is 0 Å². The molecule has 1 heterocycles. The number of carbonyl (C=O) groups is 2. The Balaban J connectivity index is 1.92. The fourth-order valence-corrected chi connectivity index (χ4v) is 4.46. The predicted octanol–water partition coefficient (Wildman–Crippen LogP) is 4.99. The monoisotopic (exact) mass is 493 g/mol. The Morgan fingerprint density at radius 3 is 2.17 bits per heavy atom. The summed E-state index contributed by atoms with van der Waals surface area (Å²) in [4.78, 5) is 28.1. The average Bonchev–Trinajstić information content (AvgIpc) is 3.13. The minimum atomic E-state index is -0.840. The van der Waals surface area contributed by atoms with Crippen molar-refractivity contribution in [3.8, 4) is 17.2 Å². The number of methoxy groups -OCH3 is 3. The molecule has 1 saturated heterocycles. The van der Waals surface area contributed by atoms with E-state index in [4.69, 9.17) is 25.8 Å². The molecule has 1 unspecified atom stereocenters. The highest BCUT2D eigenvalue weighted by atomic mass is 35.5. The van der Waals surface area contributed by atoms with Gasteiger partial charge in [0.05, 0.1) is 50.1 Å². The molecule has 35 heavy (non-hydrogen) atoms. The van der Waals surface area contributed by atoms with E-state index >= 15 is 0 Å². The standard InChI is InChI=1S/C27H24ClNO6/c1-33-20-12-8-7-11-17(20)15-29-24(16-9-5-4-6-10-16)23(26(31)27(29)32)25(30)18-13-22(35-3)19(28)14-21(18)34-2/h4-14,24,30H,15H2,1-3H3/b25-23+. The van der Waals surface area contributed by atoms with Crippen molar-refractivity contribution in [1.29, 1.82) is 0 Å². The van der Waals surface area contributed by atoms with Crippen molar-refractivity contribution in [1.82, 2.24) is 4.90 Å². The molecule has 8 heteroatoms. The van der Waals surface area contributed by atoms with Crippen molar-refractivity contribution in [2.75, 3.05) is 21.3 Å². The number of Topliss-reactive ketones (excluding diaryl/α,β-unsaturated/α-hetero) is 1. The molecule has 7 nitrogen and oxygen atoms in total. The Bertz CT molecular complexity index is 1300. The number of rotatable bonds is 7. The molecule has 4 rings (SSSR count). The lowest BCUT2D eigenvalue weighted by molar-refractivity contribution is -0.140. The summed E-state index contributed by atoms with van der Waals surface area (Å²) in [6.45, 7) is 0.103. The Hall–Kier alpha value is -3.97. The molecule has 3 aromatic carbocycles. The fraction of sp³-hybridized carbons (Fsp3) is 0.185. The number of amides is 1. The largest absolute Gasteiger partial charge is 0.507 e. The van der Waals surface area contributed by atoms with Crippen LogP contribution in [0, 0.1) is 0 Å². The molecule has 0 spiro atoms. The van der Waals surface area contributed by atoms with E-state index in [0.717, 1.165) is 5.56 Å². The van der Waals surface area contributed by atoms with Gasteiger partial charge in [-0.1, -0.05) is 60.1 Å². The molecule has 1 aliphatic heterocycles. The van der Waals surface area contributed by atoms with Gasteiger partial charge >= 0.3 is 0 Å². The molecule has 1 atom stereocenters. The lowest BCUT2D eigenvalue weighted by Gasteiger charge is -2.26. The summed E-state index contributed by atoms with van der Waals surface area (Å²) in [5, 5.41) is 11.7. The highest BCUT2D eigenvalue weighted by molar-refractivity contribution is 6.46. The summed E-state index contributed by atoms with van der Waals surface area (Å²) in [5.41, 5.74) is 1.52. The summed E-state index contributed by atoms with van der Waals surface area (Å²) < 4.78 is 16.1. The molecular formula is C27H24ClNO6. The average molecular weight is 494 g/mol. The van der Waals surface area contributed by atoms with Gasteiger partial charge in [0, 0.05) is 11.6 Å². The van der Waals surface area contributed by atoms with Crippen molar-refractivity contribution < 1.29 is 28.9 Å². The van der Waals surface area contributed by atoms with Crippen molar-refractivity contribution in [2.45, 2.75) is 12.6 Å². The second-order valence-electron chi connectivity index (χ2n) is 7.84. The predicted molar refractivity (Wildman–Crippen MR) is 132 cm³/mol. The zero-order valence-corrected chi connectivity index (χ0v) is 20.2. The van der Waals surface area contributed by atoms with Gasteiger partial charge in [-0.05, 0) is 17.7 Å². The van der Waals surface area contributed by atoms with Crippen LogP contribution in [0.1, 0.15) is 22.7 Å². The summed E-state index contributed by atoms with van der Waals surface area (Å²) in [5.74, 6) is -0.810. The number of hydrogen-bond donors (Lipinski definition) is 1. The number of para-hydroxylation sites is 1. The molecule has 0 aromatic heterocycles. The van der Waals surface area contributed by atoms with Crippen LogP contribution in [-0.4, -0.2) is 43.0 Å². The summed E-state index contributed by atoms with van der Waals surface area (Å²) in [6, 6.07) is 18.5. The van der Waals surface area contributed by atoms with Gasteiger partial charge in [0.2, 0.25) is 0 Å². The summed E-state index contributed by atoms with van der Waals surface area (Å²) in [7, 11) is 4.40.